The Balaban J connectivity index is 1.88. The fourth-order valence-electron chi connectivity index (χ4n) is 4.00. The van der Waals surface area contributed by atoms with Gasteiger partial charge in [0.05, 0.1) is 28.9 Å². The van der Waals surface area contributed by atoms with Gasteiger partial charge in [0.1, 0.15) is 0 Å². The summed E-state index contributed by atoms with van der Waals surface area (Å²) in [5, 5.41) is 2.86. The molecule has 1 unspecified atom stereocenters. The number of benzene rings is 1. The number of anilines is 1. The van der Waals surface area contributed by atoms with Crippen LogP contribution in [0.25, 0.3) is 6.08 Å². The predicted molar refractivity (Wildman–Crippen MR) is 114 cm³/mol. The highest BCUT2D eigenvalue weighted by Crippen LogP contribution is 2.35. The second kappa shape index (κ2) is 8.86. The minimum absolute atomic E-state index is 0.149. The van der Waals surface area contributed by atoms with Gasteiger partial charge in [0.15, 0.2) is 15.7 Å². The monoisotopic (exact) mass is 413 g/mol. The van der Waals surface area contributed by atoms with E-state index in [9.17, 15) is 13.2 Å². The topological polar surface area (TPSA) is 89.0 Å². The van der Waals surface area contributed by atoms with Crippen LogP contribution in [0.1, 0.15) is 54.8 Å². The van der Waals surface area contributed by atoms with E-state index < -0.39 is 9.84 Å². The molecule has 29 heavy (non-hydrogen) atoms. The molecule has 0 aliphatic heterocycles. The molecule has 3 rings (SSSR count). The molecule has 1 heterocycles. The molecule has 2 aromatic rings. The summed E-state index contributed by atoms with van der Waals surface area (Å²) in [6.45, 7) is 5.41. The first-order valence-corrected chi connectivity index (χ1v) is 11.7. The first-order chi connectivity index (χ1) is 13.8. The summed E-state index contributed by atoms with van der Waals surface area (Å²) >= 11 is 0. The van der Waals surface area contributed by atoms with Crippen LogP contribution in [-0.4, -0.2) is 30.5 Å². The minimum Gasteiger partial charge on any atom is -0.309 e. The van der Waals surface area contributed by atoms with Gasteiger partial charge in [-0.3, -0.25) is 9.78 Å². The number of hydrogen-bond donors (Lipinski definition) is 1. The van der Waals surface area contributed by atoms with Crippen LogP contribution in [0.4, 0.5) is 5.82 Å². The summed E-state index contributed by atoms with van der Waals surface area (Å²) in [5.41, 5.74) is 2.12. The number of nitrogens with zero attached hydrogens (tertiary/aromatic N) is 2. The molecule has 1 aliphatic rings. The maximum Gasteiger partial charge on any atom is 0.233 e. The second-order valence-corrected chi connectivity index (χ2v) is 9.74. The summed E-state index contributed by atoms with van der Waals surface area (Å²) in [7, 11) is -3.30. The molecule has 1 saturated carbocycles. The Morgan fingerprint density at radius 2 is 2.00 bits per heavy atom. The third-order valence-electron chi connectivity index (χ3n) is 5.49. The van der Waals surface area contributed by atoms with Crippen molar-refractivity contribution in [2.24, 2.45) is 5.92 Å². The Bertz CT molecular complexity index is 994. The summed E-state index contributed by atoms with van der Waals surface area (Å²) in [5.74, 6) is 0.367. The third-order valence-corrected chi connectivity index (χ3v) is 6.75. The molecule has 0 radical (unpaired) electrons. The molecule has 1 aromatic heterocycles. The molecule has 0 spiro atoms. The first-order valence-electron chi connectivity index (χ1n) is 9.84. The van der Waals surface area contributed by atoms with E-state index in [0.29, 0.717) is 27.9 Å². The van der Waals surface area contributed by atoms with E-state index in [0.717, 1.165) is 24.8 Å². The van der Waals surface area contributed by atoms with E-state index in [2.05, 4.69) is 21.9 Å². The van der Waals surface area contributed by atoms with Gasteiger partial charge in [-0.1, -0.05) is 44.4 Å². The van der Waals surface area contributed by atoms with Crippen molar-refractivity contribution >= 4 is 27.6 Å². The second-order valence-electron chi connectivity index (χ2n) is 7.76. The number of sulfone groups is 1. The van der Waals surface area contributed by atoms with Crippen molar-refractivity contribution in [2.45, 2.75) is 49.8 Å². The minimum atomic E-state index is -3.30. The molecule has 1 aliphatic carbocycles. The molecular weight excluding hydrogens is 386 g/mol. The molecule has 1 amide bonds. The maximum atomic E-state index is 13.1. The van der Waals surface area contributed by atoms with Crippen LogP contribution in [0.3, 0.4) is 0 Å². The average molecular weight is 414 g/mol. The number of nitrogens with one attached hydrogen (secondary N) is 1. The first kappa shape index (κ1) is 21.2. The molecule has 6 nitrogen and oxygen atoms in total. The van der Waals surface area contributed by atoms with Gasteiger partial charge in [-0.2, -0.15) is 0 Å². The van der Waals surface area contributed by atoms with Crippen molar-refractivity contribution in [1.29, 1.82) is 0 Å². The van der Waals surface area contributed by atoms with Gasteiger partial charge in [0.25, 0.3) is 0 Å². The zero-order valence-corrected chi connectivity index (χ0v) is 17.7. The van der Waals surface area contributed by atoms with Crippen LogP contribution in [0.15, 0.2) is 42.1 Å². The van der Waals surface area contributed by atoms with Gasteiger partial charge in [-0.15, -0.1) is 0 Å². The van der Waals surface area contributed by atoms with Gasteiger partial charge in [-0.05, 0) is 42.5 Å². The van der Waals surface area contributed by atoms with E-state index in [-0.39, 0.29) is 11.8 Å². The normalized spacial score (nSPS) is 15.8. The Kier molecular flexibility index (Phi) is 6.47. The lowest BCUT2D eigenvalue weighted by Gasteiger charge is -2.21. The molecular formula is C22H27N3O3S. The lowest BCUT2D eigenvalue weighted by molar-refractivity contribution is -0.118. The largest absolute Gasteiger partial charge is 0.309 e. The summed E-state index contributed by atoms with van der Waals surface area (Å²) in [6, 6.07) is 5.19. The number of amides is 1. The lowest BCUT2D eigenvalue weighted by Crippen LogP contribution is -2.24. The SMILES string of the molecule is C=Cc1cnc(NC(=O)C(CC2CCCC2)c2ccc(S(C)(=O)=O)c(C)c2)cn1. The quantitative estimate of drug-likeness (QED) is 0.737. The van der Waals surface area contributed by atoms with Crippen LogP contribution < -0.4 is 5.32 Å². The van der Waals surface area contributed by atoms with Crippen molar-refractivity contribution in [3.63, 3.8) is 0 Å². The van der Waals surface area contributed by atoms with E-state index in [1.807, 2.05) is 6.07 Å². The maximum absolute atomic E-state index is 13.1. The van der Waals surface area contributed by atoms with Crippen LogP contribution in [0.5, 0.6) is 0 Å². The van der Waals surface area contributed by atoms with Crippen LogP contribution in [-0.2, 0) is 14.6 Å². The summed E-state index contributed by atoms with van der Waals surface area (Å²) in [4.78, 5) is 21.8. The Morgan fingerprint density at radius 3 is 2.55 bits per heavy atom. The number of hydrogen-bond acceptors (Lipinski definition) is 5. The van der Waals surface area contributed by atoms with E-state index in [1.165, 1.54) is 25.3 Å². The van der Waals surface area contributed by atoms with Crippen LogP contribution >= 0.6 is 0 Å². The molecule has 154 valence electrons. The predicted octanol–water partition coefficient (Wildman–Crippen LogP) is 4.13. The standard InChI is InChI=1S/C22H27N3O3S/c1-4-18-13-24-21(14-23-18)25-22(26)19(12-16-7-5-6-8-16)17-9-10-20(15(2)11-17)29(3,27)28/h4,9-11,13-14,16,19H,1,5-8,12H2,2-3H3,(H,24,25,26). The number of aryl methyl sites for hydroxylation is 1. The fourth-order valence-corrected chi connectivity index (χ4v) is 4.96. The highest BCUT2D eigenvalue weighted by molar-refractivity contribution is 7.90. The zero-order chi connectivity index (χ0) is 21.0. The molecule has 1 N–H and O–H groups in total. The van der Waals surface area contributed by atoms with Gasteiger partial charge in [0, 0.05) is 6.26 Å². The molecule has 0 saturated heterocycles. The number of aromatic nitrogens is 2. The Morgan fingerprint density at radius 1 is 1.28 bits per heavy atom. The van der Waals surface area contributed by atoms with Crippen molar-refractivity contribution in [2.75, 3.05) is 11.6 Å². The van der Waals surface area contributed by atoms with E-state index >= 15 is 0 Å². The van der Waals surface area contributed by atoms with Gasteiger partial charge in [-0.25, -0.2) is 13.4 Å². The summed E-state index contributed by atoms with van der Waals surface area (Å²) < 4.78 is 23.9. The molecule has 1 atom stereocenters. The molecule has 1 fully saturated rings. The third kappa shape index (κ3) is 5.29. The van der Waals surface area contributed by atoms with Crippen molar-refractivity contribution in [3.05, 3.63) is 54.0 Å². The van der Waals surface area contributed by atoms with Crippen molar-refractivity contribution < 1.29 is 13.2 Å². The lowest BCUT2D eigenvalue weighted by atomic mass is 9.86. The van der Waals surface area contributed by atoms with Crippen LogP contribution in [0, 0.1) is 12.8 Å². The number of carbonyl (C=O) groups is 1. The van der Waals surface area contributed by atoms with Gasteiger partial charge in [0.2, 0.25) is 5.91 Å². The Hall–Kier alpha value is -2.54. The van der Waals surface area contributed by atoms with E-state index in [4.69, 9.17) is 0 Å². The molecule has 7 heteroatoms. The average Bonchev–Trinajstić information content (AvgIpc) is 3.19. The van der Waals surface area contributed by atoms with Crippen molar-refractivity contribution in [3.8, 4) is 0 Å². The smallest absolute Gasteiger partial charge is 0.233 e. The van der Waals surface area contributed by atoms with Gasteiger partial charge < -0.3 is 5.32 Å². The molecule has 1 aromatic carbocycles. The number of rotatable bonds is 7. The zero-order valence-electron chi connectivity index (χ0n) is 16.9. The highest BCUT2D eigenvalue weighted by Gasteiger charge is 2.28. The van der Waals surface area contributed by atoms with Gasteiger partial charge >= 0.3 is 0 Å². The molecule has 0 bridgehead atoms. The highest BCUT2D eigenvalue weighted by atomic mass is 32.2. The number of carbonyl (C=O) groups excluding carboxylic acids is 1. The Labute approximate surface area is 172 Å². The van der Waals surface area contributed by atoms with E-state index in [1.54, 1.807) is 31.3 Å². The summed E-state index contributed by atoms with van der Waals surface area (Å²) in [6.07, 6.45) is 11.2. The van der Waals surface area contributed by atoms with Crippen LogP contribution in [0.2, 0.25) is 0 Å². The van der Waals surface area contributed by atoms with Crippen molar-refractivity contribution in [1.82, 2.24) is 9.97 Å². The fraction of sp³-hybridized carbons (Fsp3) is 0.409.